The number of hydrogen-bond donors (Lipinski definition) is 2. The molecule has 2 N–H and O–H groups in total. The fourth-order valence-corrected chi connectivity index (χ4v) is 3.08. The van der Waals surface area contributed by atoms with Crippen molar-refractivity contribution in [2.24, 2.45) is 4.99 Å². The van der Waals surface area contributed by atoms with Gasteiger partial charge in [0.1, 0.15) is 0 Å². The van der Waals surface area contributed by atoms with E-state index >= 15 is 0 Å². The van der Waals surface area contributed by atoms with Crippen molar-refractivity contribution in [1.29, 1.82) is 0 Å². The van der Waals surface area contributed by atoms with Crippen molar-refractivity contribution in [3.05, 3.63) is 48.3 Å². The van der Waals surface area contributed by atoms with Crippen LogP contribution in [0.15, 0.2) is 47.7 Å². The number of benzene rings is 1. The van der Waals surface area contributed by atoms with Gasteiger partial charge in [-0.25, -0.2) is 4.68 Å². The number of unbranched alkanes of at least 4 members (excludes halogenated alkanes) is 1. The summed E-state index contributed by atoms with van der Waals surface area (Å²) < 4.78 is 1.87. The number of nitrogens with zero attached hydrogens (tertiary/aromatic N) is 4. The molecule has 29 heavy (non-hydrogen) atoms. The third kappa shape index (κ3) is 9.62. The molecule has 6 nitrogen and oxygen atoms in total. The molecule has 0 bridgehead atoms. The van der Waals surface area contributed by atoms with Gasteiger partial charge in [0.25, 0.3) is 0 Å². The van der Waals surface area contributed by atoms with Gasteiger partial charge in [-0.3, -0.25) is 4.99 Å². The predicted molar refractivity (Wildman–Crippen MR) is 134 cm³/mol. The van der Waals surface area contributed by atoms with E-state index in [1.165, 1.54) is 18.5 Å². The smallest absolute Gasteiger partial charge is 0.191 e. The Kier molecular flexibility index (Phi) is 13.4. The van der Waals surface area contributed by atoms with Crippen molar-refractivity contribution in [2.45, 2.75) is 40.0 Å². The third-order valence-electron chi connectivity index (χ3n) is 4.80. The van der Waals surface area contributed by atoms with E-state index in [0.29, 0.717) is 0 Å². The number of aromatic nitrogens is 2. The minimum absolute atomic E-state index is 0. The van der Waals surface area contributed by atoms with Gasteiger partial charge in [0.15, 0.2) is 5.96 Å². The molecule has 0 aliphatic rings. The Balaban J connectivity index is 0.00000420. The standard InChI is InChI=1S/C22H36N6.HI/c1-4-23-22(24-15-7-8-18-27(5-2)6-3)25-17-14-20-10-12-21(13-11-20)28-19-9-16-26-28;/h9-13,16,19H,4-8,14-15,17-18H2,1-3H3,(H2,23,24,25);1H. The second-order valence-corrected chi connectivity index (χ2v) is 6.79. The minimum atomic E-state index is 0. The number of guanidine groups is 1. The molecular weight excluding hydrogens is 475 g/mol. The third-order valence-corrected chi connectivity index (χ3v) is 4.80. The molecule has 0 aliphatic carbocycles. The number of rotatable bonds is 12. The lowest BCUT2D eigenvalue weighted by Crippen LogP contribution is -2.38. The summed E-state index contributed by atoms with van der Waals surface area (Å²) in [6, 6.07) is 10.5. The highest BCUT2D eigenvalue weighted by Crippen LogP contribution is 2.08. The number of hydrogen-bond acceptors (Lipinski definition) is 3. The average molecular weight is 512 g/mol. The molecule has 2 rings (SSSR count). The van der Waals surface area contributed by atoms with E-state index in [0.717, 1.165) is 57.2 Å². The molecule has 0 amide bonds. The van der Waals surface area contributed by atoms with Gasteiger partial charge in [0.05, 0.1) is 5.69 Å². The van der Waals surface area contributed by atoms with Crippen molar-refractivity contribution in [3.8, 4) is 5.69 Å². The van der Waals surface area contributed by atoms with Crippen LogP contribution in [0.2, 0.25) is 0 Å². The molecule has 0 saturated carbocycles. The van der Waals surface area contributed by atoms with Gasteiger partial charge in [-0.2, -0.15) is 5.10 Å². The van der Waals surface area contributed by atoms with Gasteiger partial charge in [-0.15, -0.1) is 24.0 Å². The number of nitrogens with one attached hydrogen (secondary N) is 2. The summed E-state index contributed by atoms with van der Waals surface area (Å²) in [5.74, 6) is 0.915. The molecule has 1 heterocycles. The fraction of sp³-hybridized carbons (Fsp3) is 0.545. The summed E-state index contributed by atoms with van der Waals surface area (Å²) in [4.78, 5) is 7.17. The number of aliphatic imine (C=N–C) groups is 1. The topological polar surface area (TPSA) is 57.5 Å². The molecule has 0 saturated heterocycles. The van der Waals surface area contributed by atoms with Gasteiger partial charge in [0.2, 0.25) is 0 Å². The van der Waals surface area contributed by atoms with Crippen molar-refractivity contribution in [3.63, 3.8) is 0 Å². The maximum Gasteiger partial charge on any atom is 0.191 e. The van der Waals surface area contributed by atoms with Crippen LogP contribution in [-0.4, -0.2) is 59.9 Å². The monoisotopic (exact) mass is 512 g/mol. The second-order valence-electron chi connectivity index (χ2n) is 6.79. The molecule has 0 aliphatic heterocycles. The van der Waals surface area contributed by atoms with Crippen LogP contribution < -0.4 is 10.6 Å². The largest absolute Gasteiger partial charge is 0.357 e. The van der Waals surface area contributed by atoms with E-state index in [1.54, 1.807) is 6.20 Å². The van der Waals surface area contributed by atoms with Crippen molar-refractivity contribution in [2.75, 3.05) is 39.3 Å². The Labute approximate surface area is 193 Å². The maximum absolute atomic E-state index is 4.71. The van der Waals surface area contributed by atoms with Gasteiger partial charge < -0.3 is 15.5 Å². The molecule has 7 heteroatoms. The molecule has 2 aromatic rings. The Morgan fingerprint density at radius 2 is 1.83 bits per heavy atom. The summed E-state index contributed by atoms with van der Waals surface area (Å²) >= 11 is 0. The highest BCUT2D eigenvalue weighted by molar-refractivity contribution is 14.0. The lowest BCUT2D eigenvalue weighted by atomic mass is 10.1. The Hall–Kier alpha value is -1.61. The summed E-state index contributed by atoms with van der Waals surface area (Å²) in [5.41, 5.74) is 2.39. The van der Waals surface area contributed by atoms with Crippen LogP contribution in [0.5, 0.6) is 0 Å². The van der Waals surface area contributed by atoms with E-state index in [-0.39, 0.29) is 24.0 Å². The normalized spacial score (nSPS) is 11.4. The molecule has 0 atom stereocenters. The molecular formula is C22H37IN6. The van der Waals surface area contributed by atoms with Crippen molar-refractivity contribution in [1.82, 2.24) is 25.3 Å². The summed E-state index contributed by atoms with van der Waals surface area (Å²) in [6.07, 6.45) is 7.04. The predicted octanol–water partition coefficient (Wildman–Crippen LogP) is 3.71. The molecule has 0 fully saturated rings. The highest BCUT2D eigenvalue weighted by Gasteiger charge is 2.01. The van der Waals surface area contributed by atoms with Crippen LogP contribution >= 0.6 is 24.0 Å². The average Bonchev–Trinajstić information content (AvgIpc) is 3.26. The van der Waals surface area contributed by atoms with Crippen LogP contribution in [-0.2, 0) is 6.42 Å². The quantitative estimate of drug-likeness (QED) is 0.197. The summed E-state index contributed by atoms with van der Waals surface area (Å²) in [7, 11) is 0. The molecule has 1 aromatic carbocycles. The first-order valence-electron chi connectivity index (χ1n) is 10.6. The lowest BCUT2D eigenvalue weighted by molar-refractivity contribution is 0.297. The number of halogens is 1. The van der Waals surface area contributed by atoms with E-state index in [1.807, 2.05) is 16.9 Å². The first-order chi connectivity index (χ1) is 13.8. The summed E-state index contributed by atoms with van der Waals surface area (Å²) in [6.45, 7) is 12.6. The SMILES string of the molecule is CCNC(=NCCCCN(CC)CC)NCCc1ccc(-n2cccn2)cc1.I. The van der Waals surface area contributed by atoms with Crippen molar-refractivity contribution >= 4 is 29.9 Å². The zero-order valence-corrected chi connectivity index (χ0v) is 20.4. The highest BCUT2D eigenvalue weighted by atomic mass is 127. The van der Waals surface area contributed by atoms with Gasteiger partial charge in [-0.1, -0.05) is 26.0 Å². The van der Waals surface area contributed by atoms with Crippen LogP contribution in [0.1, 0.15) is 39.2 Å². The fourth-order valence-electron chi connectivity index (χ4n) is 3.08. The van der Waals surface area contributed by atoms with Crippen LogP contribution in [0.4, 0.5) is 0 Å². The van der Waals surface area contributed by atoms with E-state index in [9.17, 15) is 0 Å². The zero-order chi connectivity index (χ0) is 20.0. The van der Waals surface area contributed by atoms with E-state index in [4.69, 9.17) is 4.99 Å². The molecule has 0 spiro atoms. The molecule has 1 aromatic heterocycles. The molecule has 0 unspecified atom stereocenters. The molecule has 0 radical (unpaired) electrons. The van der Waals surface area contributed by atoms with Gasteiger partial charge in [0, 0.05) is 32.0 Å². The zero-order valence-electron chi connectivity index (χ0n) is 18.1. The first kappa shape index (κ1) is 25.4. The maximum atomic E-state index is 4.71. The van der Waals surface area contributed by atoms with E-state index in [2.05, 4.69) is 65.7 Å². The summed E-state index contributed by atoms with van der Waals surface area (Å²) in [5, 5.41) is 11.0. The minimum Gasteiger partial charge on any atom is -0.357 e. The van der Waals surface area contributed by atoms with E-state index < -0.39 is 0 Å². The van der Waals surface area contributed by atoms with Gasteiger partial charge >= 0.3 is 0 Å². The van der Waals surface area contributed by atoms with Crippen LogP contribution in [0, 0.1) is 0 Å². The first-order valence-corrected chi connectivity index (χ1v) is 10.6. The Morgan fingerprint density at radius 3 is 2.45 bits per heavy atom. The van der Waals surface area contributed by atoms with Crippen LogP contribution in [0.3, 0.4) is 0 Å². The second kappa shape index (κ2) is 15.3. The Morgan fingerprint density at radius 1 is 1.07 bits per heavy atom. The Bertz CT molecular complexity index is 665. The lowest BCUT2D eigenvalue weighted by Gasteiger charge is -2.17. The van der Waals surface area contributed by atoms with Crippen molar-refractivity contribution < 1.29 is 0 Å². The van der Waals surface area contributed by atoms with Crippen LogP contribution in [0.25, 0.3) is 5.69 Å². The van der Waals surface area contributed by atoms with Gasteiger partial charge in [-0.05, 0) is 69.6 Å². The molecule has 162 valence electrons.